The van der Waals surface area contributed by atoms with Crippen molar-refractivity contribution in [2.45, 2.75) is 76.5 Å². The maximum absolute atomic E-state index is 13.8. The van der Waals surface area contributed by atoms with E-state index in [0.717, 1.165) is 22.0 Å². The summed E-state index contributed by atoms with van der Waals surface area (Å²) in [6.45, 7) is 4.10. The smallest absolute Gasteiger partial charge is 0.326 e. The SMILES string of the molecule is CCC(C)C(NC(=O)C(Cc1c[nH]c2ccccc12)NC(=O)C(N)Cc1ccccc1)C(=O)NC(CCCCN)C(=O)O. The molecule has 0 aliphatic rings. The van der Waals surface area contributed by atoms with Crippen LogP contribution in [0.4, 0.5) is 0 Å². The Morgan fingerprint density at radius 2 is 1.53 bits per heavy atom. The summed E-state index contributed by atoms with van der Waals surface area (Å²) in [5.74, 6) is -3.13. The number of H-pyrrole nitrogens is 1. The highest BCUT2D eigenvalue weighted by Crippen LogP contribution is 2.20. The molecule has 9 N–H and O–H groups in total. The number of benzene rings is 2. The van der Waals surface area contributed by atoms with Gasteiger partial charge in [0.2, 0.25) is 17.7 Å². The van der Waals surface area contributed by atoms with Gasteiger partial charge in [-0.2, -0.15) is 0 Å². The molecule has 11 nitrogen and oxygen atoms in total. The number of hydrogen-bond acceptors (Lipinski definition) is 6. The topological polar surface area (TPSA) is 192 Å². The molecule has 11 heteroatoms. The molecular weight excluding hydrogens is 548 g/mol. The Bertz CT molecular complexity index is 1360. The fourth-order valence-corrected chi connectivity index (χ4v) is 4.94. The van der Waals surface area contributed by atoms with Crippen LogP contribution in [0.15, 0.2) is 60.8 Å². The van der Waals surface area contributed by atoms with Gasteiger partial charge in [0, 0.05) is 23.5 Å². The van der Waals surface area contributed by atoms with E-state index in [0.29, 0.717) is 25.8 Å². The fourth-order valence-electron chi connectivity index (χ4n) is 4.94. The van der Waals surface area contributed by atoms with Crippen molar-refractivity contribution in [2.24, 2.45) is 17.4 Å². The monoisotopic (exact) mass is 592 g/mol. The summed E-state index contributed by atoms with van der Waals surface area (Å²) in [6.07, 6.45) is 4.16. The maximum Gasteiger partial charge on any atom is 0.326 e. The van der Waals surface area contributed by atoms with Crippen LogP contribution in [0.1, 0.15) is 50.7 Å². The predicted octanol–water partition coefficient (Wildman–Crippen LogP) is 1.99. The summed E-state index contributed by atoms with van der Waals surface area (Å²) < 4.78 is 0. The Morgan fingerprint density at radius 3 is 2.21 bits per heavy atom. The normalized spacial score (nSPS) is 14.7. The molecule has 2 aromatic carbocycles. The van der Waals surface area contributed by atoms with Gasteiger partial charge in [0.25, 0.3) is 0 Å². The molecule has 3 rings (SSSR count). The van der Waals surface area contributed by atoms with Gasteiger partial charge in [0.15, 0.2) is 0 Å². The highest BCUT2D eigenvalue weighted by molar-refractivity contribution is 5.95. The Balaban J connectivity index is 1.82. The Morgan fingerprint density at radius 1 is 0.860 bits per heavy atom. The van der Waals surface area contributed by atoms with E-state index in [1.807, 2.05) is 61.5 Å². The van der Waals surface area contributed by atoms with Gasteiger partial charge >= 0.3 is 5.97 Å². The van der Waals surface area contributed by atoms with Crippen LogP contribution in [0.2, 0.25) is 0 Å². The molecule has 3 amide bonds. The first kappa shape index (κ1) is 33.3. The zero-order valence-corrected chi connectivity index (χ0v) is 24.8. The number of para-hydroxylation sites is 1. The molecule has 0 spiro atoms. The number of aromatic nitrogens is 1. The number of carbonyl (C=O) groups excluding carboxylic acids is 3. The number of amides is 3. The Hall–Kier alpha value is -4.22. The molecule has 3 aromatic rings. The van der Waals surface area contributed by atoms with Crippen molar-refractivity contribution < 1.29 is 24.3 Å². The van der Waals surface area contributed by atoms with Crippen LogP contribution in [-0.2, 0) is 32.0 Å². The third kappa shape index (κ3) is 9.65. The van der Waals surface area contributed by atoms with Crippen LogP contribution >= 0.6 is 0 Å². The van der Waals surface area contributed by atoms with Crippen molar-refractivity contribution >= 4 is 34.6 Å². The number of nitrogens with one attached hydrogen (secondary N) is 4. The van der Waals surface area contributed by atoms with Gasteiger partial charge in [-0.1, -0.05) is 68.8 Å². The number of nitrogens with two attached hydrogens (primary N) is 2. The second-order valence-corrected chi connectivity index (χ2v) is 11.0. The summed E-state index contributed by atoms with van der Waals surface area (Å²) in [7, 11) is 0. The molecule has 43 heavy (non-hydrogen) atoms. The van der Waals surface area contributed by atoms with Crippen molar-refractivity contribution in [3.8, 4) is 0 Å². The molecule has 232 valence electrons. The van der Waals surface area contributed by atoms with E-state index < -0.39 is 47.9 Å². The molecule has 5 atom stereocenters. The summed E-state index contributed by atoms with van der Waals surface area (Å²) >= 11 is 0. The molecule has 1 aromatic heterocycles. The first-order valence-electron chi connectivity index (χ1n) is 14.8. The number of aromatic amines is 1. The van der Waals surface area contributed by atoms with Gasteiger partial charge in [-0.3, -0.25) is 14.4 Å². The first-order valence-corrected chi connectivity index (χ1v) is 14.8. The summed E-state index contributed by atoms with van der Waals surface area (Å²) in [5, 5.41) is 18.8. The van der Waals surface area contributed by atoms with Crippen molar-refractivity contribution in [1.82, 2.24) is 20.9 Å². The van der Waals surface area contributed by atoms with E-state index in [-0.39, 0.29) is 25.2 Å². The van der Waals surface area contributed by atoms with Gasteiger partial charge < -0.3 is 37.5 Å². The van der Waals surface area contributed by atoms with Crippen LogP contribution < -0.4 is 27.4 Å². The minimum Gasteiger partial charge on any atom is -0.480 e. The van der Waals surface area contributed by atoms with Crippen molar-refractivity contribution in [1.29, 1.82) is 0 Å². The quantitative estimate of drug-likeness (QED) is 0.117. The number of hydrogen-bond donors (Lipinski definition) is 7. The lowest BCUT2D eigenvalue weighted by atomic mass is 9.96. The summed E-state index contributed by atoms with van der Waals surface area (Å²) in [5.41, 5.74) is 14.3. The zero-order valence-electron chi connectivity index (χ0n) is 24.8. The number of carboxylic acid groups (broad SMARTS) is 1. The van der Waals surface area contributed by atoms with Crippen molar-refractivity contribution in [3.05, 3.63) is 71.9 Å². The molecule has 0 saturated carbocycles. The van der Waals surface area contributed by atoms with Crippen LogP contribution in [-0.4, -0.2) is 64.5 Å². The molecular formula is C32H44N6O5. The third-order valence-corrected chi connectivity index (χ3v) is 7.72. The lowest BCUT2D eigenvalue weighted by molar-refractivity contribution is -0.143. The number of rotatable bonds is 17. The average molecular weight is 593 g/mol. The molecule has 0 saturated heterocycles. The second kappa shape index (κ2) is 16.4. The van der Waals surface area contributed by atoms with Crippen molar-refractivity contribution in [2.75, 3.05) is 6.54 Å². The van der Waals surface area contributed by atoms with Gasteiger partial charge in [-0.25, -0.2) is 4.79 Å². The number of aliphatic carboxylic acids is 1. The molecule has 1 heterocycles. The van der Waals surface area contributed by atoms with Crippen LogP contribution in [0.3, 0.4) is 0 Å². The van der Waals surface area contributed by atoms with Crippen LogP contribution in [0, 0.1) is 5.92 Å². The number of fused-ring (bicyclic) bond motifs is 1. The largest absolute Gasteiger partial charge is 0.480 e. The van der Waals surface area contributed by atoms with E-state index in [4.69, 9.17) is 11.5 Å². The highest BCUT2D eigenvalue weighted by atomic mass is 16.4. The standard InChI is InChI=1S/C32H44N6O5/c1-3-20(2)28(31(41)36-26(32(42)43)15-9-10-16-33)38-30(40)27(18-22-19-35-25-14-8-7-13-23(22)25)37-29(39)24(34)17-21-11-5-4-6-12-21/h4-8,11-14,19-20,24,26-28,35H,3,9-10,15-18,33-34H2,1-2H3,(H,36,41)(H,37,39)(H,38,40)(H,42,43). The number of carboxylic acids is 1. The Kier molecular flexibility index (Phi) is 12.7. The van der Waals surface area contributed by atoms with Crippen LogP contribution in [0.25, 0.3) is 10.9 Å². The zero-order chi connectivity index (χ0) is 31.4. The first-order chi connectivity index (χ1) is 20.6. The van der Waals surface area contributed by atoms with Crippen LogP contribution in [0.5, 0.6) is 0 Å². The molecule has 0 bridgehead atoms. The lowest BCUT2D eigenvalue weighted by Gasteiger charge is -2.28. The average Bonchev–Trinajstić information content (AvgIpc) is 3.41. The molecule has 5 unspecified atom stereocenters. The molecule has 0 radical (unpaired) electrons. The van der Waals surface area contributed by atoms with E-state index in [2.05, 4.69) is 20.9 Å². The van der Waals surface area contributed by atoms with Gasteiger partial charge in [0.05, 0.1) is 6.04 Å². The maximum atomic E-state index is 13.8. The minimum atomic E-state index is -1.16. The lowest BCUT2D eigenvalue weighted by Crippen LogP contribution is -2.59. The molecule has 0 aliphatic heterocycles. The van der Waals surface area contributed by atoms with Gasteiger partial charge in [0.1, 0.15) is 18.1 Å². The third-order valence-electron chi connectivity index (χ3n) is 7.72. The predicted molar refractivity (Wildman–Crippen MR) is 166 cm³/mol. The number of unbranched alkanes of at least 4 members (excludes halogenated alkanes) is 1. The second-order valence-electron chi connectivity index (χ2n) is 11.0. The molecule has 0 fully saturated rings. The summed E-state index contributed by atoms with van der Waals surface area (Å²) in [4.78, 5) is 55.4. The molecule has 0 aliphatic carbocycles. The van der Waals surface area contributed by atoms with E-state index in [1.54, 1.807) is 13.1 Å². The van der Waals surface area contributed by atoms with E-state index in [9.17, 15) is 24.3 Å². The summed E-state index contributed by atoms with van der Waals surface area (Å²) in [6, 6.07) is 12.9. The minimum absolute atomic E-state index is 0.144. The highest BCUT2D eigenvalue weighted by Gasteiger charge is 2.33. The van der Waals surface area contributed by atoms with Crippen molar-refractivity contribution in [3.63, 3.8) is 0 Å². The number of carbonyl (C=O) groups is 4. The van der Waals surface area contributed by atoms with E-state index >= 15 is 0 Å². The Labute approximate surface area is 252 Å². The fraction of sp³-hybridized carbons (Fsp3) is 0.438. The van der Waals surface area contributed by atoms with E-state index in [1.165, 1.54) is 0 Å². The van der Waals surface area contributed by atoms with Gasteiger partial charge in [-0.15, -0.1) is 0 Å². The van der Waals surface area contributed by atoms with Gasteiger partial charge in [-0.05, 0) is 55.3 Å².